The fourth-order valence-electron chi connectivity index (χ4n) is 3.35. The molecule has 0 atom stereocenters. The van der Waals surface area contributed by atoms with Crippen LogP contribution >= 0.6 is 0 Å². The highest BCUT2D eigenvalue weighted by Gasteiger charge is 2.25. The van der Waals surface area contributed by atoms with Crippen LogP contribution in [0.3, 0.4) is 0 Å². The normalized spacial score (nSPS) is 16.2. The molecule has 1 aromatic heterocycles. The number of hydrogen-bond acceptors (Lipinski definition) is 1. The first-order chi connectivity index (χ1) is 10.2. The van der Waals surface area contributed by atoms with Crippen LogP contribution in [0.25, 0.3) is 0 Å². The zero-order valence-corrected chi connectivity index (χ0v) is 12.7. The Kier molecular flexibility index (Phi) is 3.82. The van der Waals surface area contributed by atoms with E-state index in [0.29, 0.717) is 6.04 Å². The van der Waals surface area contributed by atoms with Crippen molar-refractivity contribution in [3.63, 3.8) is 0 Å². The Bertz CT molecular complexity index is 602. The molecular weight excluding hydrogens is 260 g/mol. The minimum absolute atomic E-state index is 0.162. The van der Waals surface area contributed by atoms with Gasteiger partial charge in [-0.1, -0.05) is 18.2 Å². The van der Waals surface area contributed by atoms with E-state index >= 15 is 0 Å². The van der Waals surface area contributed by atoms with Gasteiger partial charge in [0.2, 0.25) is 0 Å². The second-order valence-corrected chi connectivity index (χ2v) is 5.88. The highest BCUT2D eigenvalue weighted by Crippen LogP contribution is 2.27. The molecule has 1 aromatic carbocycles. The first-order valence-electron chi connectivity index (χ1n) is 7.65. The predicted octanol–water partition coefficient (Wildman–Crippen LogP) is 3.58. The molecule has 1 aliphatic rings. The molecule has 1 amide bonds. The second kappa shape index (κ2) is 5.76. The molecule has 0 bridgehead atoms. The lowest BCUT2D eigenvalue weighted by molar-refractivity contribution is 0.0693. The van der Waals surface area contributed by atoms with Crippen molar-refractivity contribution in [1.82, 2.24) is 9.47 Å². The van der Waals surface area contributed by atoms with E-state index in [1.807, 2.05) is 35.2 Å². The van der Waals surface area contributed by atoms with E-state index in [0.717, 1.165) is 31.5 Å². The van der Waals surface area contributed by atoms with Gasteiger partial charge < -0.3 is 9.47 Å². The highest BCUT2D eigenvalue weighted by atomic mass is 16.2. The zero-order chi connectivity index (χ0) is 14.8. The number of aromatic nitrogens is 1. The van der Waals surface area contributed by atoms with E-state index in [1.54, 1.807) is 0 Å². The average molecular weight is 282 g/mol. The van der Waals surface area contributed by atoms with E-state index < -0.39 is 0 Å². The van der Waals surface area contributed by atoms with Gasteiger partial charge in [-0.25, -0.2) is 0 Å². The summed E-state index contributed by atoms with van der Waals surface area (Å²) in [5, 5.41) is 0. The summed E-state index contributed by atoms with van der Waals surface area (Å²) in [6.07, 6.45) is 2.07. The van der Waals surface area contributed by atoms with Gasteiger partial charge in [0, 0.05) is 36.1 Å². The van der Waals surface area contributed by atoms with Crippen molar-refractivity contribution in [3.05, 3.63) is 59.4 Å². The van der Waals surface area contributed by atoms with Crippen LogP contribution in [0, 0.1) is 13.8 Å². The summed E-state index contributed by atoms with van der Waals surface area (Å²) in [5.41, 5.74) is 3.44. The lowest BCUT2D eigenvalue weighted by Gasteiger charge is -2.34. The molecule has 1 saturated heterocycles. The number of piperidine rings is 1. The third-order valence-corrected chi connectivity index (χ3v) is 4.46. The Morgan fingerprint density at radius 2 is 1.52 bits per heavy atom. The lowest BCUT2D eigenvalue weighted by Crippen LogP contribution is -2.39. The molecule has 21 heavy (non-hydrogen) atoms. The maximum atomic E-state index is 12.4. The van der Waals surface area contributed by atoms with Crippen LogP contribution in [0.1, 0.15) is 40.6 Å². The average Bonchev–Trinajstić information content (AvgIpc) is 2.87. The second-order valence-electron chi connectivity index (χ2n) is 5.88. The van der Waals surface area contributed by atoms with Gasteiger partial charge in [-0.3, -0.25) is 4.79 Å². The first kappa shape index (κ1) is 13.9. The van der Waals surface area contributed by atoms with Crippen LogP contribution in [0.5, 0.6) is 0 Å². The summed E-state index contributed by atoms with van der Waals surface area (Å²) in [4.78, 5) is 14.4. The fraction of sp³-hybridized carbons (Fsp3) is 0.389. The van der Waals surface area contributed by atoms with Gasteiger partial charge in [-0.2, -0.15) is 0 Å². The van der Waals surface area contributed by atoms with Crippen molar-refractivity contribution in [2.75, 3.05) is 13.1 Å². The molecule has 0 N–H and O–H groups in total. The Balaban J connectivity index is 1.67. The number of amides is 1. The van der Waals surface area contributed by atoms with Gasteiger partial charge in [-0.15, -0.1) is 0 Å². The van der Waals surface area contributed by atoms with Crippen LogP contribution < -0.4 is 0 Å². The van der Waals surface area contributed by atoms with E-state index in [2.05, 4.69) is 30.5 Å². The predicted molar refractivity (Wildman–Crippen MR) is 84.5 cm³/mol. The monoisotopic (exact) mass is 282 g/mol. The van der Waals surface area contributed by atoms with Crippen LogP contribution in [0.2, 0.25) is 0 Å². The third-order valence-electron chi connectivity index (χ3n) is 4.46. The number of hydrogen-bond donors (Lipinski definition) is 0. The molecule has 0 unspecified atom stereocenters. The number of likely N-dealkylation sites (tertiary alicyclic amines) is 1. The molecule has 2 aromatic rings. The molecule has 3 rings (SSSR count). The van der Waals surface area contributed by atoms with Crippen molar-refractivity contribution < 1.29 is 4.79 Å². The van der Waals surface area contributed by atoms with Gasteiger partial charge in [-0.05, 0) is 51.0 Å². The van der Waals surface area contributed by atoms with Gasteiger partial charge in [0.25, 0.3) is 5.91 Å². The molecule has 3 heteroatoms. The van der Waals surface area contributed by atoms with Crippen molar-refractivity contribution in [3.8, 4) is 0 Å². The summed E-state index contributed by atoms with van der Waals surface area (Å²) in [5.74, 6) is 0.162. The largest absolute Gasteiger partial charge is 0.346 e. The van der Waals surface area contributed by atoms with E-state index in [9.17, 15) is 4.79 Å². The van der Waals surface area contributed by atoms with Gasteiger partial charge >= 0.3 is 0 Å². The zero-order valence-electron chi connectivity index (χ0n) is 12.7. The highest BCUT2D eigenvalue weighted by molar-refractivity contribution is 5.94. The van der Waals surface area contributed by atoms with Gasteiger partial charge in [0.1, 0.15) is 0 Å². The van der Waals surface area contributed by atoms with Gasteiger partial charge in [0.05, 0.1) is 0 Å². The Morgan fingerprint density at radius 1 is 0.952 bits per heavy atom. The van der Waals surface area contributed by atoms with E-state index in [4.69, 9.17) is 0 Å². The van der Waals surface area contributed by atoms with Crippen LogP contribution in [-0.4, -0.2) is 28.5 Å². The van der Waals surface area contributed by atoms with Crippen LogP contribution in [0.15, 0.2) is 42.5 Å². The number of carbonyl (C=O) groups is 1. The molecule has 0 spiro atoms. The summed E-state index contributed by atoms with van der Waals surface area (Å²) < 4.78 is 2.42. The Labute approximate surface area is 126 Å². The van der Waals surface area contributed by atoms with Crippen LogP contribution in [0.4, 0.5) is 0 Å². The third kappa shape index (κ3) is 2.73. The summed E-state index contributed by atoms with van der Waals surface area (Å²) in [6.45, 7) is 6.01. The minimum Gasteiger partial charge on any atom is -0.346 e. The van der Waals surface area contributed by atoms with Gasteiger partial charge in [0.15, 0.2) is 0 Å². The summed E-state index contributed by atoms with van der Waals surface area (Å²) in [7, 11) is 0. The molecular formula is C18H22N2O. The van der Waals surface area contributed by atoms with Crippen molar-refractivity contribution in [2.24, 2.45) is 0 Å². The Hall–Kier alpha value is -2.03. The number of benzene rings is 1. The summed E-state index contributed by atoms with van der Waals surface area (Å²) in [6, 6.07) is 14.5. The maximum Gasteiger partial charge on any atom is 0.253 e. The SMILES string of the molecule is Cc1ccc(C)n1C1CCN(C(=O)c2ccccc2)CC1. The van der Waals surface area contributed by atoms with E-state index in [-0.39, 0.29) is 5.91 Å². The number of aryl methyl sites for hydroxylation is 2. The number of rotatable bonds is 2. The number of carbonyl (C=O) groups excluding carboxylic acids is 1. The first-order valence-corrected chi connectivity index (χ1v) is 7.65. The molecule has 1 aliphatic heterocycles. The smallest absolute Gasteiger partial charge is 0.253 e. The Morgan fingerprint density at radius 3 is 2.10 bits per heavy atom. The van der Waals surface area contributed by atoms with Crippen molar-refractivity contribution in [1.29, 1.82) is 0 Å². The van der Waals surface area contributed by atoms with E-state index in [1.165, 1.54) is 11.4 Å². The fourth-order valence-corrected chi connectivity index (χ4v) is 3.35. The standard InChI is InChI=1S/C18H22N2O/c1-14-8-9-15(2)20(14)17-10-12-19(13-11-17)18(21)16-6-4-3-5-7-16/h3-9,17H,10-13H2,1-2H3. The topological polar surface area (TPSA) is 25.2 Å². The van der Waals surface area contributed by atoms with Crippen molar-refractivity contribution in [2.45, 2.75) is 32.7 Å². The minimum atomic E-state index is 0.162. The van der Waals surface area contributed by atoms with Crippen molar-refractivity contribution >= 4 is 5.91 Å². The molecule has 3 nitrogen and oxygen atoms in total. The quantitative estimate of drug-likeness (QED) is 0.826. The molecule has 0 saturated carbocycles. The molecule has 110 valence electrons. The molecule has 0 aliphatic carbocycles. The maximum absolute atomic E-state index is 12.4. The molecule has 2 heterocycles. The van der Waals surface area contributed by atoms with Crippen LogP contribution in [-0.2, 0) is 0 Å². The molecule has 0 radical (unpaired) electrons. The summed E-state index contributed by atoms with van der Waals surface area (Å²) >= 11 is 0. The lowest BCUT2D eigenvalue weighted by atomic mass is 10.0. The molecule has 1 fully saturated rings. The number of nitrogens with zero attached hydrogens (tertiary/aromatic N) is 2.